The molecule has 0 unspecified atom stereocenters. The minimum atomic E-state index is 0. The van der Waals surface area contributed by atoms with Crippen LogP contribution in [0.3, 0.4) is 0 Å². The molecule has 0 heterocycles. The molecule has 0 aliphatic heterocycles. The Bertz CT molecular complexity index is 424. The average Bonchev–Trinajstić information content (AvgIpc) is 2.63. The molecule has 0 aromatic heterocycles. The first kappa shape index (κ1) is 22.6. The molecule has 0 aliphatic carbocycles. The summed E-state index contributed by atoms with van der Waals surface area (Å²) in [6.45, 7) is 4.44. The van der Waals surface area contributed by atoms with Crippen LogP contribution in [0.15, 0.2) is 30.3 Å². The second kappa shape index (κ2) is 10.3. The zero-order valence-electron chi connectivity index (χ0n) is 9.93. The molecule has 0 atom stereocenters. The summed E-state index contributed by atoms with van der Waals surface area (Å²) < 4.78 is 0. The van der Waals surface area contributed by atoms with Gasteiger partial charge in [0.05, 0.1) is 0 Å². The van der Waals surface area contributed by atoms with Gasteiger partial charge in [-0.05, 0) is 12.8 Å². The Morgan fingerprint density at radius 2 is 1.65 bits per heavy atom. The Kier molecular flexibility index (Phi) is 13.7. The molecule has 17 heavy (non-hydrogen) atoms. The molecular formula is C13H15Cl3Ti. The summed E-state index contributed by atoms with van der Waals surface area (Å²) in [5, 5.41) is 2.83. The van der Waals surface area contributed by atoms with E-state index in [1.54, 1.807) is 0 Å². The molecule has 0 radical (unpaired) electrons. The number of aryl methyl sites for hydroxylation is 2. The summed E-state index contributed by atoms with van der Waals surface area (Å²) >= 11 is 0. The van der Waals surface area contributed by atoms with Gasteiger partial charge in [0.25, 0.3) is 0 Å². The maximum atomic E-state index is 2.34. The predicted molar refractivity (Wildman–Crippen MR) is 58.3 cm³/mol. The maximum Gasteiger partial charge on any atom is 4.00 e. The number of rotatable bonds is 2. The first-order chi connectivity index (χ1) is 6.35. The van der Waals surface area contributed by atoms with E-state index in [2.05, 4.69) is 44.2 Å². The van der Waals surface area contributed by atoms with Crippen molar-refractivity contribution in [1.29, 1.82) is 0 Å². The molecule has 0 saturated carbocycles. The van der Waals surface area contributed by atoms with Crippen molar-refractivity contribution >= 4 is 10.8 Å². The van der Waals surface area contributed by atoms with Gasteiger partial charge in [-0.1, -0.05) is 31.0 Å². The van der Waals surface area contributed by atoms with Crippen LogP contribution in [-0.4, -0.2) is 0 Å². The fraction of sp³-hybridized carbons (Fsp3) is 0.308. The Balaban J connectivity index is -0.000000490. The minimum absolute atomic E-state index is 0. The summed E-state index contributed by atoms with van der Waals surface area (Å²) in [6.07, 6.45) is 2.27. The van der Waals surface area contributed by atoms with Gasteiger partial charge in [-0.3, -0.25) is 0 Å². The molecule has 2 rings (SSSR count). The molecule has 2 aromatic rings. The zero-order chi connectivity index (χ0) is 9.26. The molecule has 92 valence electrons. The van der Waals surface area contributed by atoms with Crippen LogP contribution >= 0.6 is 0 Å². The SMILES string of the molecule is CCc1cc(CC)c2cc[cH-]c2c1.[Cl-].[Cl-].[Cl-].[Ti+4]. The van der Waals surface area contributed by atoms with Crippen molar-refractivity contribution in [2.75, 3.05) is 0 Å². The van der Waals surface area contributed by atoms with Crippen LogP contribution in [0.1, 0.15) is 25.0 Å². The van der Waals surface area contributed by atoms with Crippen molar-refractivity contribution in [2.24, 2.45) is 0 Å². The average molecular weight is 325 g/mol. The van der Waals surface area contributed by atoms with Gasteiger partial charge in [0.15, 0.2) is 0 Å². The fourth-order valence-electron chi connectivity index (χ4n) is 1.89. The van der Waals surface area contributed by atoms with Gasteiger partial charge < -0.3 is 37.2 Å². The van der Waals surface area contributed by atoms with Gasteiger partial charge in [0.2, 0.25) is 0 Å². The van der Waals surface area contributed by atoms with Crippen LogP contribution in [-0.2, 0) is 34.6 Å². The first-order valence-corrected chi connectivity index (χ1v) is 5.02. The smallest absolute Gasteiger partial charge is 1.00 e. The van der Waals surface area contributed by atoms with E-state index in [1.165, 1.54) is 21.9 Å². The van der Waals surface area contributed by atoms with Crippen LogP contribution in [0.5, 0.6) is 0 Å². The van der Waals surface area contributed by atoms with Gasteiger partial charge in [0, 0.05) is 0 Å². The summed E-state index contributed by atoms with van der Waals surface area (Å²) in [5.41, 5.74) is 2.94. The Hall–Kier alpha value is 0.414. The van der Waals surface area contributed by atoms with Crippen LogP contribution < -0.4 is 37.2 Å². The quantitative estimate of drug-likeness (QED) is 0.382. The standard InChI is InChI=1S/C13H15.3ClH.Ti/c1-3-10-8-11(4-2)13-7-5-6-12(13)9-10;;;;/h5-9H,3-4H2,1-2H3;3*1H;/q-1;;;;+4/p-3. The van der Waals surface area contributed by atoms with Gasteiger partial charge in [-0.25, -0.2) is 0 Å². The summed E-state index contributed by atoms with van der Waals surface area (Å²) in [5.74, 6) is 0. The Morgan fingerprint density at radius 3 is 2.18 bits per heavy atom. The number of hydrogen-bond donors (Lipinski definition) is 0. The third kappa shape index (κ3) is 4.89. The zero-order valence-corrected chi connectivity index (χ0v) is 13.8. The number of halogens is 3. The topological polar surface area (TPSA) is 0 Å². The predicted octanol–water partition coefficient (Wildman–Crippen LogP) is -5.31. The van der Waals surface area contributed by atoms with Crippen molar-refractivity contribution in [2.45, 2.75) is 26.7 Å². The van der Waals surface area contributed by atoms with Crippen LogP contribution in [0, 0.1) is 0 Å². The van der Waals surface area contributed by atoms with E-state index in [4.69, 9.17) is 0 Å². The monoisotopic (exact) mass is 324 g/mol. The maximum absolute atomic E-state index is 2.34. The minimum Gasteiger partial charge on any atom is -1.00 e. The molecule has 0 aliphatic rings. The normalized spacial score (nSPS) is 8.35. The van der Waals surface area contributed by atoms with E-state index < -0.39 is 0 Å². The van der Waals surface area contributed by atoms with Crippen molar-refractivity contribution in [3.05, 3.63) is 41.5 Å². The number of hydrogen-bond acceptors (Lipinski definition) is 0. The van der Waals surface area contributed by atoms with Crippen LogP contribution in [0.4, 0.5) is 0 Å². The van der Waals surface area contributed by atoms with E-state index >= 15 is 0 Å². The van der Waals surface area contributed by atoms with Crippen LogP contribution in [0.2, 0.25) is 0 Å². The molecule has 0 fully saturated rings. The van der Waals surface area contributed by atoms with E-state index in [9.17, 15) is 0 Å². The summed E-state index contributed by atoms with van der Waals surface area (Å²) in [4.78, 5) is 0. The van der Waals surface area contributed by atoms with E-state index in [0.717, 1.165) is 12.8 Å². The van der Waals surface area contributed by atoms with Gasteiger partial charge in [-0.15, -0.1) is 22.9 Å². The van der Waals surface area contributed by atoms with Gasteiger partial charge >= 0.3 is 21.7 Å². The Morgan fingerprint density at radius 1 is 1.00 bits per heavy atom. The molecule has 0 saturated heterocycles. The second-order valence-corrected chi connectivity index (χ2v) is 3.49. The molecule has 0 N–H and O–H groups in total. The van der Waals surface area contributed by atoms with Crippen molar-refractivity contribution in [3.8, 4) is 0 Å². The Labute approximate surface area is 137 Å². The van der Waals surface area contributed by atoms with Gasteiger partial charge in [0.1, 0.15) is 0 Å². The summed E-state index contributed by atoms with van der Waals surface area (Å²) in [7, 11) is 0. The van der Waals surface area contributed by atoms with Crippen molar-refractivity contribution in [1.82, 2.24) is 0 Å². The largest absolute Gasteiger partial charge is 4.00 e. The molecule has 4 heteroatoms. The van der Waals surface area contributed by atoms with Crippen molar-refractivity contribution in [3.63, 3.8) is 0 Å². The fourth-order valence-corrected chi connectivity index (χ4v) is 1.89. The molecule has 0 bridgehead atoms. The second-order valence-electron chi connectivity index (χ2n) is 3.49. The first-order valence-electron chi connectivity index (χ1n) is 5.02. The third-order valence-electron chi connectivity index (χ3n) is 2.69. The van der Waals surface area contributed by atoms with E-state index in [1.807, 2.05) is 0 Å². The molecular weight excluding hydrogens is 310 g/mol. The summed E-state index contributed by atoms with van der Waals surface area (Å²) in [6, 6.07) is 11.2. The van der Waals surface area contributed by atoms with Gasteiger partial charge in [-0.2, -0.15) is 12.1 Å². The van der Waals surface area contributed by atoms with E-state index in [0.29, 0.717) is 0 Å². The molecule has 2 aromatic carbocycles. The number of benzene rings is 1. The van der Waals surface area contributed by atoms with Crippen LogP contribution in [0.25, 0.3) is 10.8 Å². The number of fused-ring (bicyclic) bond motifs is 1. The molecule has 0 nitrogen and oxygen atoms in total. The van der Waals surface area contributed by atoms with Crippen molar-refractivity contribution < 1.29 is 58.9 Å². The molecule has 0 spiro atoms. The van der Waals surface area contributed by atoms with E-state index in [-0.39, 0.29) is 58.9 Å². The molecule has 0 amide bonds. The third-order valence-corrected chi connectivity index (χ3v) is 2.69.